The molecule has 0 bridgehead atoms. The number of carbonyl (C=O) groups excluding carboxylic acids is 1. The van der Waals surface area contributed by atoms with Crippen LogP contribution in [0.25, 0.3) is 0 Å². The van der Waals surface area contributed by atoms with Crippen molar-refractivity contribution in [1.29, 1.82) is 0 Å². The summed E-state index contributed by atoms with van der Waals surface area (Å²) in [5.74, 6) is -1.27. The number of nitrogens with one attached hydrogen (secondary N) is 1. The van der Waals surface area contributed by atoms with Gasteiger partial charge in [-0.15, -0.1) is 5.10 Å². The van der Waals surface area contributed by atoms with Crippen LogP contribution in [0.3, 0.4) is 0 Å². The molecule has 2 fully saturated rings. The van der Waals surface area contributed by atoms with Crippen LogP contribution in [-0.2, 0) is 11.3 Å². The van der Waals surface area contributed by atoms with Gasteiger partial charge in [0.2, 0.25) is 5.91 Å². The quantitative estimate of drug-likeness (QED) is 0.849. The number of carbonyl (C=O) groups is 2. The van der Waals surface area contributed by atoms with Crippen LogP contribution in [0.1, 0.15) is 49.0 Å². The fraction of sp³-hybridized carbons (Fsp3) is 0.692. The van der Waals surface area contributed by atoms with E-state index in [1.807, 2.05) is 0 Å². The Bertz CT molecular complexity index is 535. The van der Waals surface area contributed by atoms with Crippen molar-refractivity contribution in [2.45, 2.75) is 51.1 Å². The largest absolute Gasteiger partial charge is 0.476 e. The summed E-state index contributed by atoms with van der Waals surface area (Å²) in [4.78, 5) is 22.6. The van der Waals surface area contributed by atoms with Crippen LogP contribution >= 0.6 is 0 Å². The van der Waals surface area contributed by atoms with Crippen LogP contribution in [0.15, 0.2) is 6.20 Å². The zero-order chi connectivity index (χ0) is 14.2. The minimum atomic E-state index is -1.14. The molecule has 20 heavy (non-hydrogen) atoms. The van der Waals surface area contributed by atoms with Gasteiger partial charge in [-0.1, -0.05) is 11.6 Å². The maximum Gasteiger partial charge on any atom is 0.358 e. The highest BCUT2D eigenvalue weighted by Gasteiger charge is 2.45. The van der Waals surface area contributed by atoms with Crippen molar-refractivity contribution in [3.8, 4) is 0 Å². The maximum absolute atomic E-state index is 11.9. The number of carboxylic acid groups (broad SMARTS) is 1. The van der Waals surface area contributed by atoms with Gasteiger partial charge in [0, 0.05) is 6.04 Å². The average Bonchev–Trinajstić information content (AvgIpc) is 2.95. The molecule has 2 saturated carbocycles. The fourth-order valence-corrected chi connectivity index (χ4v) is 3.10. The van der Waals surface area contributed by atoms with Gasteiger partial charge in [-0.25, -0.2) is 9.48 Å². The molecule has 1 spiro atoms. The number of carboxylic acids is 1. The molecule has 7 nitrogen and oxygen atoms in total. The zero-order valence-corrected chi connectivity index (χ0v) is 11.2. The van der Waals surface area contributed by atoms with E-state index in [9.17, 15) is 9.59 Å². The highest BCUT2D eigenvalue weighted by atomic mass is 16.4. The van der Waals surface area contributed by atoms with Crippen LogP contribution in [0.2, 0.25) is 0 Å². The van der Waals surface area contributed by atoms with E-state index < -0.39 is 5.97 Å². The van der Waals surface area contributed by atoms with Crippen molar-refractivity contribution in [2.75, 3.05) is 0 Å². The number of nitrogens with zero attached hydrogens (tertiary/aromatic N) is 3. The first kappa shape index (κ1) is 13.1. The molecular formula is C13H18N4O3. The Kier molecular flexibility index (Phi) is 3.19. The van der Waals surface area contributed by atoms with Gasteiger partial charge in [0.25, 0.3) is 0 Å². The summed E-state index contributed by atoms with van der Waals surface area (Å²) in [5.41, 5.74) is 0.368. The first-order valence-corrected chi connectivity index (χ1v) is 6.99. The molecule has 2 aliphatic carbocycles. The van der Waals surface area contributed by atoms with E-state index in [-0.39, 0.29) is 24.2 Å². The maximum atomic E-state index is 11.9. The lowest BCUT2D eigenvalue weighted by atomic mass is 9.83. The molecule has 0 radical (unpaired) electrons. The highest BCUT2D eigenvalue weighted by molar-refractivity contribution is 5.84. The van der Waals surface area contributed by atoms with Crippen molar-refractivity contribution in [3.63, 3.8) is 0 Å². The monoisotopic (exact) mass is 278 g/mol. The van der Waals surface area contributed by atoms with Gasteiger partial charge >= 0.3 is 5.97 Å². The molecule has 0 aliphatic heterocycles. The molecule has 0 aromatic carbocycles. The lowest BCUT2D eigenvalue weighted by molar-refractivity contribution is -0.122. The van der Waals surface area contributed by atoms with E-state index in [0.29, 0.717) is 5.41 Å². The smallest absolute Gasteiger partial charge is 0.358 e. The minimum absolute atomic E-state index is 0.0176. The Morgan fingerprint density at radius 2 is 2.25 bits per heavy atom. The third kappa shape index (κ3) is 2.81. The summed E-state index contributed by atoms with van der Waals surface area (Å²) in [7, 11) is 0. The van der Waals surface area contributed by atoms with E-state index in [4.69, 9.17) is 5.11 Å². The van der Waals surface area contributed by atoms with Crippen molar-refractivity contribution in [2.24, 2.45) is 5.41 Å². The molecule has 1 amide bonds. The number of rotatable bonds is 4. The van der Waals surface area contributed by atoms with Crippen molar-refractivity contribution in [1.82, 2.24) is 20.3 Å². The molecule has 7 heteroatoms. The van der Waals surface area contributed by atoms with Crippen LogP contribution in [-0.4, -0.2) is 38.0 Å². The summed E-state index contributed by atoms with van der Waals surface area (Å²) in [6, 6.07) is 0.251. The molecule has 2 N–H and O–H groups in total. The van der Waals surface area contributed by atoms with E-state index >= 15 is 0 Å². The predicted octanol–water partition coefficient (Wildman–Crippen LogP) is 0.815. The van der Waals surface area contributed by atoms with Crippen molar-refractivity contribution in [3.05, 3.63) is 11.9 Å². The fourth-order valence-electron chi connectivity index (χ4n) is 3.10. The topological polar surface area (TPSA) is 97.1 Å². The van der Waals surface area contributed by atoms with Gasteiger partial charge in [-0.05, 0) is 37.5 Å². The average molecular weight is 278 g/mol. The van der Waals surface area contributed by atoms with Gasteiger partial charge in [0.1, 0.15) is 6.54 Å². The molecule has 1 heterocycles. The summed E-state index contributed by atoms with van der Waals surface area (Å²) < 4.78 is 1.26. The molecule has 1 atom stereocenters. The number of amides is 1. The first-order chi connectivity index (χ1) is 9.56. The van der Waals surface area contributed by atoms with Crippen LogP contribution in [0.5, 0.6) is 0 Å². The number of aromatic nitrogens is 3. The third-order valence-corrected chi connectivity index (χ3v) is 4.32. The molecule has 2 aliphatic rings. The first-order valence-electron chi connectivity index (χ1n) is 6.99. The second-order valence-corrected chi connectivity index (χ2v) is 5.97. The van der Waals surface area contributed by atoms with Crippen molar-refractivity contribution < 1.29 is 14.7 Å². The van der Waals surface area contributed by atoms with Gasteiger partial charge < -0.3 is 10.4 Å². The van der Waals surface area contributed by atoms with Gasteiger partial charge in [-0.3, -0.25) is 4.79 Å². The minimum Gasteiger partial charge on any atom is -0.476 e. The second kappa shape index (κ2) is 4.88. The normalized spacial score (nSPS) is 23.5. The Morgan fingerprint density at radius 3 is 2.90 bits per heavy atom. The Morgan fingerprint density at radius 1 is 1.45 bits per heavy atom. The molecular weight excluding hydrogens is 260 g/mol. The lowest BCUT2D eigenvalue weighted by Gasteiger charge is -2.29. The van der Waals surface area contributed by atoms with Crippen LogP contribution in [0.4, 0.5) is 0 Å². The number of hydrogen-bond donors (Lipinski definition) is 2. The van der Waals surface area contributed by atoms with Gasteiger partial charge in [-0.2, -0.15) is 0 Å². The SMILES string of the molecule is O=C(Cn1cc(C(=O)O)nn1)NC1CCCC2(CC2)C1. The summed E-state index contributed by atoms with van der Waals surface area (Å²) in [6.07, 6.45) is 8.45. The van der Waals surface area contributed by atoms with Crippen LogP contribution < -0.4 is 5.32 Å². The molecule has 1 unspecified atom stereocenters. The summed E-state index contributed by atoms with van der Waals surface area (Å²) in [6.45, 7) is 0.0176. The Hall–Kier alpha value is -1.92. The van der Waals surface area contributed by atoms with Gasteiger partial charge in [0.05, 0.1) is 6.20 Å². The number of hydrogen-bond acceptors (Lipinski definition) is 4. The second-order valence-electron chi connectivity index (χ2n) is 5.97. The standard InChI is InChI=1S/C13H18N4O3/c18-11(8-17-7-10(12(19)20)15-16-17)14-9-2-1-3-13(6-9)4-5-13/h7,9H,1-6,8H2,(H,14,18)(H,19,20). The molecule has 108 valence electrons. The highest BCUT2D eigenvalue weighted by Crippen LogP contribution is 2.56. The molecule has 3 rings (SSSR count). The molecule has 1 aromatic rings. The van der Waals surface area contributed by atoms with E-state index in [1.54, 1.807) is 0 Å². The Labute approximate surface area is 116 Å². The van der Waals surface area contributed by atoms with E-state index in [2.05, 4.69) is 15.6 Å². The van der Waals surface area contributed by atoms with Gasteiger partial charge in [0.15, 0.2) is 5.69 Å². The zero-order valence-electron chi connectivity index (χ0n) is 11.2. The summed E-state index contributed by atoms with van der Waals surface area (Å²) in [5, 5.41) is 18.9. The number of aromatic carboxylic acids is 1. The summed E-state index contributed by atoms with van der Waals surface area (Å²) >= 11 is 0. The van der Waals surface area contributed by atoms with Crippen LogP contribution in [0, 0.1) is 5.41 Å². The molecule has 1 aromatic heterocycles. The van der Waals surface area contributed by atoms with E-state index in [1.165, 1.54) is 36.6 Å². The third-order valence-electron chi connectivity index (χ3n) is 4.32. The van der Waals surface area contributed by atoms with E-state index in [0.717, 1.165) is 12.8 Å². The predicted molar refractivity (Wildman–Crippen MR) is 69.0 cm³/mol. The van der Waals surface area contributed by atoms with Crippen molar-refractivity contribution >= 4 is 11.9 Å². The lowest BCUT2D eigenvalue weighted by Crippen LogP contribution is -2.40. The Balaban J connectivity index is 1.52. The molecule has 0 saturated heterocycles.